The highest BCUT2D eigenvalue weighted by molar-refractivity contribution is 5.81. The van der Waals surface area contributed by atoms with E-state index >= 15 is 0 Å². The second-order valence-electron chi connectivity index (χ2n) is 8.28. The standard InChI is InChI=1S/C20H29N3O4/c1-20(2,3)27-19(25)23-11-15-6-5-14(9-16(15)12-23)10-21-18(24)17-13-22(4)7-8-26-17/h5-6,9,17H,7-8,10-13H2,1-4H3,(H,21,24)/t17-/m0/s1. The van der Waals surface area contributed by atoms with Crippen LogP contribution in [-0.4, -0.2) is 60.2 Å². The first-order valence-electron chi connectivity index (χ1n) is 9.38. The average molecular weight is 375 g/mol. The maximum atomic E-state index is 12.3. The number of hydrogen-bond acceptors (Lipinski definition) is 5. The van der Waals surface area contributed by atoms with Gasteiger partial charge < -0.3 is 19.7 Å². The minimum atomic E-state index is -0.503. The van der Waals surface area contributed by atoms with Crippen molar-refractivity contribution in [1.82, 2.24) is 15.1 Å². The fraction of sp³-hybridized carbons (Fsp3) is 0.600. The largest absolute Gasteiger partial charge is 0.444 e. The summed E-state index contributed by atoms with van der Waals surface area (Å²) < 4.78 is 11.0. The molecule has 1 saturated heterocycles. The van der Waals surface area contributed by atoms with Crippen LogP contribution in [-0.2, 0) is 33.9 Å². The Morgan fingerprint density at radius 3 is 2.70 bits per heavy atom. The molecule has 2 aliphatic rings. The Morgan fingerprint density at radius 1 is 1.26 bits per heavy atom. The molecule has 1 N–H and O–H groups in total. The van der Waals surface area contributed by atoms with Crippen molar-refractivity contribution < 1.29 is 19.1 Å². The van der Waals surface area contributed by atoms with Gasteiger partial charge in [0.1, 0.15) is 11.7 Å². The number of fused-ring (bicyclic) bond motifs is 1. The van der Waals surface area contributed by atoms with Crippen LogP contribution < -0.4 is 5.32 Å². The van der Waals surface area contributed by atoms with Crippen LogP contribution in [0.15, 0.2) is 18.2 Å². The number of hydrogen-bond donors (Lipinski definition) is 1. The van der Waals surface area contributed by atoms with Crippen LogP contribution in [0.1, 0.15) is 37.5 Å². The Balaban J connectivity index is 1.55. The lowest BCUT2D eigenvalue weighted by molar-refractivity contribution is -0.138. The van der Waals surface area contributed by atoms with Crippen LogP contribution in [0, 0.1) is 0 Å². The Hall–Kier alpha value is -2.12. The number of amides is 2. The number of likely N-dealkylation sites (N-methyl/N-ethyl adjacent to an activating group) is 1. The summed E-state index contributed by atoms with van der Waals surface area (Å²) in [7, 11) is 1.99. The zero-order valence-corrected chi connectivity index (χ0v) is 16.6. The molecule has 148 valence electrons. The van der Waals surface area contributed by atoms with Gasteiger partial charge in [-0.25, -0.2) is 4.79 Å². The molecular weight excluding hydrogens is 346 g/mol. The van der Waals surface area contributed by atoms with Gasteiger partial charge in [0.05, 0.1) is 6.61 Å². The number of benzene rings is 1. The van der Waals surface area contributed by atoms with Crippen molar-refractivity contribution in [3.63, 3.8) is 0 Å². The van der Waals surface area contributed by atoms with Crippen LogP contribution >= 0.6 is 0 Å². The van der Waals surface area contributed by atoms with E-state index in [0.29, 0.717) is 32.8 Å². The Kier molecular flexibility index (Phi) is 5.72. The highest BCUT2D eigenvalue weighted by Gasteiger charge is 2.28. The first-order chi connectivity index (χ1) is 12.7. The maximum Gasteiger partial charge on any atom is 0.410 e. The predicted octanol–water partition coefficient (Wildman–Crippen LogP) is 1.88. The summed E-state index contributed by atoms with van der Waals surface area (Å²) in [5.41, 5.74) is 2.73. The van der Waals surface area contributed by atoms with E-state index in [1.807, 2.05) is 46.0 Å². The molecule has 2 aliphatic heterocycles. The number of carbonyl (C=O) groups excluding carboxylic acids is 2. The van der Waals surface area contributed by atoms with Crippen molar-refractivity contribution in [2.24, 2.45) is 0 Å². The van der Waals surface area contributed by atoms with Crippen molar-refractivity contribution in [3.05, 3.63) is 34.9 Å². The van der Waals surface area contributed by atoms with E-state index in [0.717, 1.165) is 23.2 Å². The summed E-state index contributed by atoms with van der Waals surface area (Å²) >= 11 is 0. The molecule has 27 heavy (non-hydrogen) atoms. The fourth-order valence-corrected chi connectivity index (χ4v) is 3.25. The van der Waals surface area contributed by atoms with E-state index < -0.39 is 11.7 Å². The Bertz CT molecular complexity index is 714. The van der Waals surface area contributed by atoms with Gasteiger partial charge in [0.2, 0.25) is 0 Å². The maximum absolute atomic E-state index is 12.3. The molecule has 7 heteroatoms. The van der Waals surface area contributed by atoms with Gasteiger partial charge in [-0.1, -0.05) is 18.2 Å². The average Bonchev–Trinajstić information content (AvgIpc) is 3.01. The fourth-order valence-electron chi connectivity index (χ4n) is 3.25. The van der Waals surface area contributed by atoms with E-state index in [9.17, 15) is 9.59 Å². The smallest absolute Gasteiger partial charge is 0.410 e. The predicted molar refractivity (Wildman–Crippen MR) is 101 cm³/mol. The first kappa shape index (κ1) is 19.6. The molecule has 0 unspecified atom stereocenters. The number of nitrogens with one attached hydrogen (secondary N) is 1. The zero-order chi connectivity index (χ0) is 19.6. The molecule has 1 aromatic rings. The lowest BCUT2D eigenvalue weighted by Gasteiger charge is -2.29. The van der Waals surface area contributed by atoms with E-state index in [-0.39, 0.29) is 12.0 Å². The first-order valence-corrected chi connectivity index (χ1v) is 9.38. The van der Waals surface area contributed by atoms with Gasteiger partial charge in [0.15, 0.2) is 0 Å². The molecule has 1 atom stereocenters. The van der Waals surface area contributed by atoms with Gasteiger partial charge in [0.25, 0.3) is 5.91 Å². The van der Waals surface area contributed by atoms with E-state index in [4.69, 9.17) is 9.47 Å². The van der Waals surface area contributed by atoms with Gasteiger partial charge >= 0.3 is 6.09 Å². The quantitative estimate of drug-likeness (QED) is 0.874. The van der Waals surface area contributed by atoms with Crippen molar-refractivity contribution >= 4 is 12.0 Å². The summed E-state index contributed by atoms with van der Waals surface area (Å²) in [4.78, 5) is 28.3. The molecule has 1 aromatic carbocycles. The second kappa shape index (κ2) is 7.86. The van der Waals surface area contributed by atoms with Gasteiger partial charge in [-0.3, -0.25) is 9.69 Å². The highest BCUT2D eigenvalue weighted by Crippen LogP contribution is 2.25. The summed E-state index contributed by atoms with van der Waals surface area (Å²) in [5.74, 6) is -0.0857. The van der Waals surface area contributed by atoms with Crippen LogP contribution in [0.4, 0.5) is 4.79 Å². The molecule has 7 nitrogen and oxygen atoms in total. The molecule has 0 radical (unpaired) electrons. The zero-order valence-electron chi connectivity index (χ0n) is 16.6. The summed E-state index contributed by atoms with van der Waals surface area (Å²) in [6, 6.07) is 6.06. The van der Waals surface area contributed by atoms with Crippen molar-refractivity contribution in [2.45, 2.75) is 52.1 Å². The van der Waals surface area contributed by atoms with Crippen LogP contribution in [0.3, 0.4) is 0 Å². The van der Waals surface area contributed by atoms with Crippen molar-refractivity contribution in [1.29, 1.82) is 0 Å². The van der Waals surface area contributed by atoms with Crippen LogP contribution in [0.5, 0.6) is 0 Å². The second-order valence-corrected chi connectivity index (χ2v) is 8.28. The molecule has 0 saturated carbocycles. The number of rotatable bonds is 3. The molecular formula is C20H29N3O4. The van der Waals surface area contributed by atoms with Crippen molar-refractivity contribution in [3.8, 4) is 0 Å². The molecule has 0 aromatic heterocycles. The molecule has 0 bridgehead atoms. The van der Waals surface area contributed by atoms with Gasteiger partial charge in [-0.2, -0.15) is 0 Å². The van der Waals surface area contributed by atoms with Crippen LogP contribution in [0.25, 0.3) is 0 Å². The SMILES string of the molecule is CN1CCO[C@H](C(=O)NCc2ccc3c(c2)CN(C(=O)OC(C)(C)C)C3)C1. The van der Waals surface area contributed by atoms with Crippen LogP contribution in [0.2, 0.25) is 0 Å². The monoisotopic (exact) mass is 375 g/mol. The molecule has 0 aliphatic carbocycles. The summed E-state index contributed by atoms with van der Waals surface area (Å²) in [5, 5.41) is 2.95. The molecule has 1 fully saturated rings. The number of morpholine rings is 1. The number of nitrogens with zero attached hydrogens (tertiary/aromatic N) is 2. The van der Waals surface area contributed by atoms with E-state index in [1.165, 1.54) is 0 Å². The van der Waals surface area contributed by atoms with Gasteiger partial charge in [0, 0.05) is 32.7 Å². The molecule has 2 heterocycles. The lowest BCUT2D eigenvalue weighted by Crippen LogP contribution is -2.48. The third-order valence-electron chi connectivity index (χ3n) is 4.67. The molecule has 0 spiro atoms. The van der Waals surface area contributed by atoms with Gasteiger partial charge in [-0.05, 0) is 44.5 Å². The Morgan fingerprint density at radius 2 is 2.00 bits per heavy atom. The molecule has 3 rings (SSSR count). The van der Waals surface area contributed by atoms with Crippen molar-refractivity contribution in [2.75, 3.05) is 26.7 Å². The number of carbonyl (C=O) groups is 2. The Labute approximate surface area is 160 Å². The third-order valence-corrected chi connectivity index (χ3v) is 4.67. The molecule has 2 amide bonds. The normalized spacial score (nSPS) is 20.3. The third kappa shape index (κ3) is 5.20. The number of ether oxygens (including phenoxy) is 2. The lowest BCUT2D eigenvalue weighted by atomic mass is 10.1. The summed E-state index contributed by atoms with van der Waals surface area (Å²) in [6.07, 6.45) is -0.715. The minimum Gasteiger partial charge on any atom is -0.444 e. The van der Waals surface area contributed by atoms with Gasteiger partial charge in [-0.15, -0.1) is 0 Å². The van der Waals surface area contributed by atoms with E-state index in [1.54, 1.807) is 4.90 Å². The minimum absolute atomic E-state index is 0.0857. The van der Waals surface area contributed by atoms with E-state index in [2.05, 4.69) is 10.2 Å². The topological polar surface area (TPSA) is 71.1 Å². The summed E-state index contributed by atoms with van der Waals surface area (Å²) in [6.45, 7) is 9.16. The highest BCUT2D eigenvalue weighted by atomic mass is 16.6.